The van der Waals surface area contributed by atoms with Crippen LogP contribution in [0.4, 0.5) is 13.2 Å². The molecule has 1 N–H and O–H groups in total. The van der Waals surface area contributed by atoms with Crippen LogP contribution in [0.25, 0.3) is 0 Å². The van der Waals surface area contributed by atoms with Gasteiger partial charge in [-0.05, 0) is 31.3 Å². The second kappa shape index (κ2) is 4.48. The van der Waals surface area contributed by atoms with Crippen LogP contribution in [0.2, 0.25) is 0 Å². The topological polar surface area (TPSA) is 38.3 Å². The monoisotopic (exact) mass is 285 g/mol. The average molecular weight is 285 g/mol. The summed E-state index contributed by atoms with van der Waals surface area (Å²) in [6.45, 7) is 1.51. The second-order valence-corrected chi connectivity index (χ2v) is 5.34. The molecule has 1 saturated heterocycles. The fraction of sp³-hybridized carbons (Fsp3) is 0.500. The van der Waals surface area contributed by atoms with E-state index >= 15 is 0 Å². The van der Waals surface area contributed by atoms with Gasteiger partial charge in [-0.3, -0.25) is 4.79 Å². The molecule has 0 amide bonds. The van der Waals surface area contributed by atoms with Crippen LogP contribution in [-0.4, -0.2) is 24.5 Å². The number of piperidine rings is 1. The van der Waals surface area contributed by atoms with Gasteiger partial charge in [0, 0.05) is 12.8 Å². The van der Waals surface area contributed by atoms with E-state index in [2.05, 4.69) is 5.32 Å². The van der Waals surface area contributed by atoms with Gasteiger partial charge >= 0.3 is 6.18 Å². The van der Waals surface area contributed by atoms with Crippen LogP contribution >= 0.6 is 0 Å². The molecule has 1 spiro atoms. The van der Waals surface area contributed by atoms with Crippen molar-refractivity contribution in [2.45, 2.75) is 31.0 Å². The number of ketones is 1. The Morgan fingerprint density at radius 1 is 1.20 bits per heavy atom. The molecule has 0 atom stereocenters. The number of carbonyl (C=O) groups excluding carboxylic acids is 1. The van der Waals surface area contributed by atoms with Crippen molar-refractivity contribution < 1.29 is 22.7 Å². The van der Waals surface area contributed by atoms with Gasteiger partial charge in [-0.2, -0.15) is 13.2 Å². The molecule has 0 bridgehead atoms. The summed E-state index contributed by atoms with van der Waals surface area (Å²) >= 11 is 0. The largest absolute Gasteiger partial charge is 0.486 e. The number of benzene rings is 1. The van der Waals surface area contributed by atoms with Gasteiger partial charge in [0.25, 0.3) is 0 Å². The van der Waals surface area contributed by atoms with Crippen LogP contribution in [0.1, 0.15) is 35.2 Å². The smallest absolute Gasteiger partial charge is 0.416 e. The minimum Gasteiger partial charge on any atom is -0.486 e. The Labute approximate surface area is 114 Å². The summed E-state index contributed by atoms with van der Waals surface area (Å²) in [6, 6.07) is 3.12. The lowest BCUT2D eigenvalue weighted by atomic mass is 9.83. The first kappa shape index (κ1) is 13.4. The molecule has 0 unspecified atom stereocenters. The lowest BCUT2D eigenvalue weighted by molar-refractivity contribution is -0.137. The first-order valence-corrected chi connectivity index (χ1v) is 6.54. The van der Waals surface area contributed by atoms with Crippen LogP contribution < -0.4 is 10.1 Å². The van der Waals surface area contributed by atoms with E-state index in [1.54, 1.807) is 0 Å². The summed E-state index contributed by atoms with van der Waals surface area (Å²) < 4.78 is 43.9. The van der Waals surface area contributed by atoms with Gasteiger partial charge in [-0.25, -0.2) is 0 Å². The SMILES string of the molecule is O=C1CC2(CCNCC2)Oc2ccc(C(F)(F)F)cc21. The molecule has 0 saturated carbocycles. The number of halogens is 3. The van der Waals surface area contributed by atoms with Crippen LogP contribution in [-0.2, 0) is 6.18 Å². The zero-order valence-electron chi connectivity index (χ0n) is 10.7. The maximum atomic E-state index is 12.7. The van der Waals surface area contributed by atoms with Gasteiger partial charge in [0.1, 0.15) is 11.4 Å². The standard InChI is InChI=1S/C14H14F3NO2/c15-14(16,17)9-1-2-12-10(7-9)11(19)8-13(20-12)3-5-18-6-4-13/h1-2,7,18H,3-6,8H2. The van der Waals surface area contributed by atoms with E-state index in [1.165, 1.54) is 6.07 Å². The van der Waals surface area contributed by atoms with Gasteiger partial charge in [0.05, 0.1) is 17.5 Å². The fourth-order valence-corrected chi connectivity index (χ4v) is 2.83. The summed E-state index contributed by atoms with van der Waals surface area (Å²) in [5.74, 6) is 0.00963. The summed E-state index contributed by atoms with van der Waals surface area (Å²) in [4.78, 5) is 12.2. The van der Waals surface area contributed by atoms with Crippen molar-refractivity contribution in [3.05, 3.63) is 29.3 Å². The number of rotatable bonds is 0. The van der Waals surface area contributed by atoms with E-state index in [0.29, 0.717) is 12.8 Å². The molecule has 6 heteroatoms. The van der Waals surface area contributed by atoms with E-state index in [-0.39, 0.29) is 23.5 Å². The first-order chi connectivity index (χ1) is 9.40. The van der Waals surface area contributed by atoms with Crippen LogP contribution in [0.5, 0.6) is 5.75 Å². The molecule has 0 aromatic heterocycles. The van der Waals surface area contributed by atoms with Crippen LogP contribution in [0.15, 0.2) is 18.2 Å². The van der Waals surface area contributed by atoms with E-state index in [4.69, 9.17) is 4.74 Å². The predicted molar refractivity (Wildman–Crippen MR) is 65.9 cm³/mol. The third-order valence-corrected chi connectivity index (χ3v) is 3.93. The Hall–Kier alpha value is -1.56. The van der Waals surface area contributed by atoms with Gasteiger partial charge in [-0.15, -0.1) is 0 Å². The molecule has 3 rings (SSSR count). The van der Waals surface area contributed by atoms with Crippen molar-refractivity contribution >= 4 is 5.78 Å². The molecule has 2 aliphatic rings. The van der Waals surface area contributed by atoms with Crippen molar-refractivity contribution in [1.29, 1.82) is 0 Å². The molecule has 3 nitrogen and oxygen atoms in total. The fourth-order valence-electron chi connectivity index (χ4n) is 2.83. The molecule has 1 aromatic carbocycles. The minimum atomic E-state index is -4.45. The van der Waals surface area contributed by atoms with Crippen LogP contribution in [0.3, 0.4) is 0 Å². The average Bonchev–Trinajstić information content (AvgIpc) is 2.38. The van der Waals surface area contributed by atoms with Crippen LogP contribution in [0, 0.1) is 0 Å². The lowest BCUT2D eigenvalue weighted by Crippen LogP contribution is -2.49. The third-order valence-electron chi connectivity index (χ3n) is 3.93. The minimum absolute atomic E-state index is 0.0454. The summed E-state index contributed by atoms with van der Waals surface area (Å²) in [5, 5.41) is 3.18. The highest BCUT2D eigenvalue weighted by Gasteiger charge is 2.42. The summed E-state index contributed by atoms with van der Waals surface area (Å²) in [5.41, 5.74) is -1.31. The van der Waals surface area contributed by atoms with Gasteiger partial charge < -0.3 is 10.1 Å². The maximum absolute atomic E-state index is 12.7. The van der Waals surface area contributed by atoms with E-state index in [1.807, 2.05) is 0 Å². The number of nitrogens with one attached hydrogen (secondary N) is 1. The highest BCUT2D eigenvalue weighted by molar-refractivity contribution is 6.00. The van der Waals surface area contributed by atoms with Gasteiger partial charge in [-0.1, -0.05) is 0 Å². The summed E-state index contributed by atoms with van der Waals surface area (Å²) in [6.07, 6.45) is -2.90. The number of fused-ring (bicyclic) bond motifs is 1. The number of hydrogen-bond acceptors (Lipinski definition) is 3. The lowest BCUT2D eigenvalue weighted by Gasteiger charge is -2.41. The normalized spacial score (nSPS) is 21.4. The molecule has 1 aromatic rings. The number of alkyl halides is 3. The molecular formula is C14H14F3NO2. The summed E-state index contributed by atoms with van der Waals surface area (Å²) in [7, 11) is 0. The van der Waals surface area contributed by atoms with E-state index in [0.717, 1.165) is 25.2 Å². The van der Waals surface area contributed by atoms with E-state index in [9.17, 15) is 18.0 Å². The van der Waals surface area contributed by atoms with Crippen molar-refractivity contribution in [3.63, 3.8) is 0 Å². The Bertz CT molecular complexity index is 548. The molecule has 20 heavy (non-hydrogen) atoms. The zero-order chi connectivity index (χ0) is 14.4. The zero-order valence-corrected chi connectivity index (χ0v) is 10.7. The molecule has 2 aliphatic heterocycles. The van der Waals surface area contributed by atoms with Crippen molar-refractivity contribution in [2.24, 2.45) is 0 Å². The molecule has 1 fully saturated rings. The molecular weight excluding hydrogens is 271 g/mol. The highest BCUT2D eigenvalue weighted by atomic mass is 19.4. The highest BCUT2D eigenvalue weighted by Crippen LogP contribution is 2.40. The molecule has 0 radical (unpaired) electrons. The Morgan fingerprint density at radius 3 is 2.55 bits per heavy atom. The Morgan fingerprint density at radius 2 is 1.90 bits per heavy atom. The number of carbonyl (C=O) groups is 1. The molecule has 108 valence electrons. The second-order valence-electron chi connectivity index (χ2n) is 5.34. The third kappa shape index (κ3) is 2.28. The van der Waals surface area contributed by atoms with Crippen molar-refractivity contribution in [1.82, 2.24) is 5.32 Å². The van der Waals surface area contributed by atoms with Crippen molar-refractivity contribution in [3.8, 4) is 5.75 Å². The predicted octanol–water partition coefficient (Wildman–Crippen LogP) is 2.79. The molecule has 2 heterocycles. The maximum Gasteiger partial charge on any atom is 0.416 e. The number of Topliss-reactive ketones (excluding diaryl/α,β-unsaturated/α-hetero) is 1. The number of hydrogen-bond donors (Lipinski definition) is 1. The van der Waals surface area contributed by atoms with Gasteiger partial charge in [0.15, 0.2) is 5.78 Å². The van der Waals surface area contributed by atoms with E-state index < -0.39 is 17.3 Å². The van der Waals surface area contributed by atoms with Gasteiger partial charge in [0.2, 0.25) is 0 Å². The Kier molecular flexibility index (Phi) is 3.01. The number of ether oxygens (including phenoxy) is 1. The quantitative estimate of drug-likeness (QED) is 0.796. The molecule has 0 aliphatic carbocycles. The Balaban J connectivity index is 1.96. The van der Waals surface area contributed by atoms with Crippen molar-refractivity contribution in [2.75, 3.05) is 13.1 Å². The first-order valence-electron chi connectivity index (χ1n) is 6.54.